The van der Waals surface area contributed by atoms with Crippen molar-refractivity contribution >= 4 is 23.0 Å². The average Bonchev–Trinajstić information content (AvgIpc) is 2.72. The smallest absolute Gasteiger partial charge is 0.280 e. The number of amides is 1. The highest BCUT2D eigenvalue weighted by Crippen LogP contribution is 2.26. The molecule has 0 aliphatic carbocycles. The molecule has 8 N–H and O–H groups in total. The van der Waals surface area contributed by atoms with Crippen molar-refractivity contribution in [1.82, 2.24) is 25.3 Å². The van der Waals surface area contributed by atoms with E-state index in [0.717, 1.165) is 0 Å². The number of carbonyl (C=O) groups is 1. The zero-order chi connectivity index (χ0) is 22.9. The van der Waals surface area contributed by atoms with Gasteiger partial charge in [0.05, 0.1) is 24.6 Å². The molecule has 0 saturated carbocycles. The van der Waals surface area contributed by atoms with E-state index in [9.17, 15) is 30.0 Å². The van der Waals surface area contributed by atoms with Gasteiger partial charge in [-0.05, 0) is 6.92 Å². The minimum absolute atomic E-state index is 0.00462. The highest BCUT2D eigenvalue weighted by molar-refractivity contribution is 5.73. The molecular formula is C17H24N6O8. The van der Waals surface area contributed by atoms with Crippen LogP contribution in [-0.4, -0.2) is 89.6 Å². The Morgan fingerprint density at radius 1 is 1.39 bits per heavy atom. The van der Waals surface area contributed by atoms with Crippen molar-refractivity contribution in [1.29, 1.82) is 0 Å². The molecule has 0 unspecified atom stereocenters. The number of aliphatic hydroxyl groups excluding tert-OH is 4. The van der Waals surface area contributed by atoms with E-state index in [4.69, 9.17) is 15.2 Å². The monoisotopic (exact) mass is 440 g/mol. The molecule has 31 heavy (non-hydrogen) atoms. The second-order valence-corrected chi connectivity index (χ2v) is 7.14. The summed E-state index contributed by atoms with van der Waals surface area (Å²) in [6.45, 7) is 2.05. The Balaban J connectivity index is 1.82. The van der Waals surface area contributed by atoms with Crippen LogP contribution in [0.1, 0.15) is 25.6 Å². The molecule has 2 aromatic rings. The lowest BCUT2D eigenvalue weighted by Gasteiger charge is -2.43. The Labute approximate surface area is 175 Å². The molecule has 1 saturated heterocycles. The molecule has 1 amide bonds. The molecule has 14 heteroatoms. The molecule has 3 rings (SSSR count). The molecule has 3 heterocycles. The molecule has 0 radical (unpaired) electrons. The summed E-state index contributed by atoms with van der Waals surface area (Å²) in [5.41, 5.74) is 4.67. The minimum atomic E-state index is -1.50. The molecule has 0 bridgehead atoms. The number of nitrogens with one attached hydrogen (secondary N) is 2. The van der Waals surface area contributed by atoms with Gasteiger partial charge < -0.3 is 41.0 Å². The number of aromatic nitrogens is 4. The molecule has 0 spiro atoms. The summed E-state index contributed by atoms with van der Waals surface area (Å²) in [5.74, 6) is -0.648. The van der Waals surface area contributed by atoms with Crippen LogP contribution in [0.2, 0.25) is 0 Å². The molecule has 1 aliphatic rings. The maximum atomic E-state index is 12.0. The van der Waals surface area contributed by atoms with Crippen LogP contribution < -0.4 is 16.6 Å². The second-order valence-electron chi connectivity index (χ2n) is 7.14. The topological polar surface area (TPSA) is 226 Å². The second kappa shape index (κ2) is 9.17. The van der Waals surface area contributed by atoms with E-state index in [2.05, 4.69) is 25.3 Å². The lowest BCUT2D eigenvalue weighted by molar-refractivity contribution is -0.287. The number of aromatic amines is 1. The maximum absolute atomic E-state index is 12.0. The number of ether oxygens (including phenoxy) is 2. The van der Waals surface area contributed by atoms with Crippen molar-refractivity contribution in [2.45, 2.75) is 56.7 Å². The maximum Gasteiger partial charge on any atom is 0.280 e. The van der Waals surface area contributed by atoms with Crippen molar-refractivity contribution in [3.63, 3.8) is 0 Å². The Bertz CT molecular complexity index is 1000. The first-order valence-electron chi connectivity index (χ1n) is 9.38. The SMILES string of the molecule is CC(=O)N[C@H]1[C@H](O[C@H](C)[C@@H](O)c2cnc3nc(N)[nH]c(=O)c3n2)O[C@H](CO)[C@@H](O)[C@@H]1O. The number of aliphatic hydroxyl groups is 4. The summed E-state index contributed by atoms with van der Waals surface area (Å²) < 4.78 is 11.1. The van der Waals surface area contributed by atoms with Gasteiger partial charge in [-0.2, -0.15) is 4.98 Å². The lowest BCUT2D eigenvalue weighted by atomic mass is 9.96. The van der Waals surface area contributed by atoms with Gasteiger partial charge in [0.25, 0.3) is 5.56 Å². The van der Waals surface area contributed by atoms with Gasteiger partial charge in [-0.15, -0.1) is 0 Å². The van der Waals surface area contributed by atoms with E-state index in [0.29, 0.717) is 0 Å². The largest absolute Gasteiger partial charge is 0.394 e. The normalized spacial score (nSPS) is 28.3. The van der Waals surface area contributed by atoms with E-state index < -0.39 is 60.9 Å². The Kier molecular flexibility index (Phi) is 6.78. The predicted octanol–water partition coefficient (Wildman–Crippen LogP) is -3.32. The van der Waals surface area contributed by atoms with Crippen molar-refractivity contribution in [2.75, 3.05) is 12.3 Å². The number of rotatable bonds is 6. The fraction of sp³-hybridized carbons (Fsp3) is 0.588. The zero-order valence-corrected chi connectivity index (χ0v) is 16.7. The van der Waals surface area contributed by atoms with Crippen molar-refractivity contribution < 1.29 is 34.7 Å². The standard InChI is InChI=1S/C17H24N6O8/c1-5(11(26)7-3-19-14-10(21-7)15(29)23-17(18)22-14)30-16-9(20-6(2)25)13(28)12(27)8(4-24)31-16/h3,5,8-9,11-13,16,24,26-28H,4H2,1-2H3,(H,20,25)(H3,18,19,22,23,29)/t5-,8-,9-,11-,12-,13-,16-/m1/s1. The molecule has 170 valence electrons. The summed E-state index contributed by atoms with van der Waals surface area (Å²) in [5, 5.41) is 42.8. The van der Waals surface area contributed by atoms with E-state index in [1.54, 1.807) is 0 Å². The van der Waals surface area contributed by atoms with Crippen LogP contribution in [-0.2, 0) is 14.3 Å². The number of anilines is 1. The number of carbonyl (C=O) groups excluding carboxylic acids is 1. The number of hydrogen-bond donors (Lipinski definition) is 7. The first-order valence-corrected chi connectivity index (χ1v) is 9.38. The van der Waals surface area contributed by atoms with Crippen LogP contribution in [0.3, 0.4) is 0 Å². The van der Waals surface area contributed by atoms with E-state index in [1.807, 2.05) is 0 Å². The highest BCUT2D eigenvalue weighted by atomic mass is 16.7. The number of H-pyrrole nitrogens is 1. The lowest BCUT2D eigenvalue weighted by Crippen LogP contribution is -2.65. The summed E-state index contributed by atoms with van der Waals surface area (Å²) in [6.07, 6.45) is -6.70. The average molecular weight is 440 g/mol. The summed E-state index contributed by atoms with van der Waals surface area (Å²) >= 11 is 0. The van der Waals surface area contributed by atoms with E-state index in [1.165, 1.54) is 20.0 Å². The first-order chi connectivity index (χ1) is 14.6. The summed E-state index contributed by atoms with van der Waals surface area (Å²) in [4.78, 5) is 37.7. The molecule has 1 fully saturated rings. The first kappa shape index (κ1) is 22.9. The molecule has 2 aromatic heterocycles. The van der Waals surface area contributed by atoms with Crippen LogP contribution in [0, 0.1) is 0 Å². The van der Waals surface area contributed by atoms with Gasteiger partial charge in [0.2, 0.25) is 11.9 Å². The Morgan fingerprint density at radius 3 is 2.74 bits per heavy atom. The zero-order valence-electron chi connectivity index (χ0n) is 16.7. The molecule has 1 aliphatic heterocycles. The fourth-order valence-corrected chi connectivity index (χ4v) is 3.20. The van der Waals surface area contributed by atoms with Gasteiger partial charge in [0.1, 0.15) is 30.5 Å². The summed E-state index contributed by atoms with van der Waals surface area (Å²) in [7, 11) is 0. The van der Waals surface area contributed by atoms with Gasteiger partial charge in [-0.3, -0.25) is 14.6 Å². The number of fused-ring (bicyclic) bond motifs is 1. The van der Waals surface area contributed by atoms with Crippen LogP contribution in [0.4, 0.5) is 5.95 Å². The molecule has 0 aromatic carbocycles. The third-order valence-corrected chi connectivity index (χ3v) is 4.80. The molecule has 7 atom stereocenters. The third-order valence-electron chi connectivity index (χ3n) is 4.80. The highest BCUT2D eigenvalue weighted by Gasteiger charge is 2.46. The minimum Gasteiger partial charge on any atom is -0.394 e. The van der Waals surface area contributed by atoms with Crippen molar-refractivity contribution in [3.8, 4) is 0 Å². The van der Waals surface area contributed by atoms with Crippen LogP contribution in [0.5, 0.6) is 0 Å². The van der Waals surface area contributed by atoms with Crippen molar-refractivity contribution in [2.24, 2.45) is 0 Å². The van der Waals surface area contributed by atoms with Crippen LogP contribution in [0.15, 0.2) is 11.0 Å². The number of hydrogen-bond acceptors (Lipinski definition) is 12. The van der Waals surface area contributed by atoms with Gasteiger partial charge >= 0.3 is 0 Å². The number of nitrogens with zero attached hydrogens (tertiary/aromatic N) is 3. The van der Waals surface area contributed by atoms with Crippen LogP contribution in [0.25, 0.3) is 11.2 Å². The quantitative estimate of drug-likeness (QED) is 0.234. The Hall–Kier alpha value is -2.75. The van der Waals surface area contributed by atoms with Crippen molar-refractivity contribution in [3.05, 3.63) is 22.2 Å². The van der Waals surface area contributed by atoms with Gasteiger partial charge in [0.15, 0.2) is 17.5 Å². The van der Waals surface area contributed by atoms with E-state index >= 15 is 0 Å². The molecular weight excluding hydrogens is 416 g/mol. The molecule has 14 nitrogen and oxygen atoms in total. The number of nitrogen functional groups attached to an aromatic ring is 1. The van der Waals surface area contributed by atoms with E-state index in [-0.39, 0.29) is 22.8 Å². The predicted molar refractivity (Wildman–Crippen MR) is 103 cm³/mol. The number of nitrogens with two attached hydrogens (primary N) is 1. The Morgan fingerprint density at radius 2 is 2.10 bits per heavy atom. The fourth-order valence-electron chi connectivity index (χ4n) is 3.20. The van der Waals surface area contributed by atoms with Crippen LogP contribution >= 0.6 is 0 Å². The van der Waals surface area contributed by atoms with Gasteiger partial charge in [-0.25, -0.2) is 9.97 Å². The third kappa shape index (κ3) is 4.79. The van der Waals surface area contributed by atoms with Gasteiger partial charge in [-0.1, -0.05) is 0 Å². The summed E-state index contributed by atoms with van der Waals surface area (Å²) in [6, 6.07) is -1.18. The van der Waals surface area contributed by atoms with Gasteiger partial charge in [0, 0.05) is 6.92 Å².